The first-order valence-electron chi connectivity index (χ1n) is 6.80. The third-order valence-corrected chi connectivity index (χ3v) is 3.75. The normalized spacial score (nSPS) is 15.5. The lowest BCUT2D eigenvalue weighted by Gasteiger charge is -2.06. The molecule has 0 aromatic carbocycles. The lowest BCUT2D eigenvalue weighted by Crippen LogP contribution is -2.02. The molecule has 0 N–H and O–H groups in total. The third-order valence-electron chi connectivity index (χ3n) is 3.46. The molecular formula is C14H18ClN3. The topological polar surface area (TPSA) is 30.7 Å². The molecule has 1 aliphatic rings. The summed E-state index contributed by atoms with van der Waals surface area (Å²) in [6, 6.07) is 2.57. The van der Waals surface area contributed by atoms with E-state index in [1.165, 1.54) is 12.8 Å². The van der Waals surface area contributed by atoms with Crippen molar-refractivity contribution in [2.75, 3.05) is 0 Å². The van der Waals surface area contributed by atoms with Gasteiger partial charge in [0.1, 0.15) is 11.3 Å². The van der Waals surface area contributed by atoms with E-state index >= 15 is 0 Å². The summed E-state index contributed by atoms with van der Waals surface area (Å²) >= 11 is 6.35. The number of aryl methyl sites for hydroxylation is 2. The molecule has 4 heteroatoms. The summed E-state index contributed by atoms with van der Waals surface area (Å²) in [6.07, 6.45) is 5.50. The molecule has 2 heterocycles. The molecule has 96 valence electrons. The monoisotopic (exact) mass is 263 g/mol. The van der Waals surface area contributed by atoms with E-state index in [1.54, 1.807) is 0 Å². The molecule has 0 saturated heterocycles. The number of hydrogen-bond acceptors (Lipinski definition) is 2. The molecule has 1 fully saturated rings. The van der Waals surface area contributed by atoms with Crippen LogP contribution in [0.5, 0.6) is 0 Å². The number of pyridine rings is 1. The van der Waals surface area contributed by atoms with Crippen molar-refractivity contribution in [2.45, 2.75) is 52.0 Å². The number of rotatable bonds is 4. The average molecular weight is 264 g/mol. The van der Waals surface area contributed by atoms with Gasteiger partial charge in [0.15, 0.2) is 5.65 Å². The summed E-state index contributed by atoms with van der Waals surface area (Å²) in [4.78, 5) is 9.43. The maximum Gasteiger partial charge on any atom is 0.162 e. The number of imidazole rings is 1. The molecule has 0 spiro atoms. The van der Waals surface area contributed by atoms with Crippen LogP contribution in [0.15, 0.2) is 6.07 Å². The van der Waals surface area contributed by atoms with E-state index in [-0.39, 0.29) is 0 Å². The van der Waals surface area contributed by atoms with Crippen molar-refractivity contribution < 1.29 is 0 Å². The molecule has 2 aromatic heterocycles. The highest BCUT2D eigenvalue weighted by atomic mass is 35.5. The van der Waals surface area contributed by atoms with Gasteiger partial charge in [-0.15, -0.1) is 0 Å². The third kappa shape index (κ3) is 1.91. The molecular weight excluding hydrogens is 246 g/mol. The smallest absolute Gasteiger partial charge is 0.162 e. The molecule has 3 rings (SSSR count). The number of nitrogens with zero attached hydrogens (tertiary/aromatic N) is 3. The zero-order valence-electron chi connectivity index (χ0n) is 10.9. The summed E-state index contributed by atoms with van der Waals surface area (Å²) < 4.78 is 2.31. The molecule has 0 unspecified atom stereocenters. The Hall–Kier alpha value is -1.09. The number of halogens is 1. The molecule has 0 amide bonds. The first-order chi connectivity index (χ1) is 8.74. The van der Waals surface area contributed by atoms with Gasteiger partial charge in [-0.1, -0.05) is 31.9 Å². The summed E-state index contributed by atoms with van der Waals surface area (Å²) in [7, 11) is 0. The van der Waals surface area contributed by atoms with Crippen LogP contribution in [0, 0.1) is 0 Å². The molecule has 1 saturated carbocycles. The second kappa shape index (κ2) is 4.54. The highest BCUT2D eigenvalue weighted by Crippen LogP contribution is 2.39. The maximum absolute atomic E-state index is 6.35. The molecule has 2 aromatic rings. The van der Waals surface area contributed by atoms with Crippen molar-refractivity contribution in [3.05, 3.63) is 22.6 Å². The van der Waals surface area contributed by atoms with E-state index < -0.39 is 0 Å². The van der Waals surface area contributed by atoms with Gasteiger partial charge in [0, 0.05) is 18.2 Å². The Morgan fingerprint density at radius 2 is 2.11 bits per heavy atom. The van der Waals surface area contributed by atoms with Crippen molar-refractivity contribution in [1.82, 2.24) is 14.5 Å². The highest BCUT2D eigenvalue weighted by Gasteiger charge is 2.29. The van der Waals surface area contributed by atoms with Crippen LogP contribution in [0.4, 0.5) is 0 Å². The van der Waals surface area contributed by atoms with Crippen LogP contribution in [0.25, 0.3) is 11.2 Å². The van der Waals surface area contributed by atoms with E-state index in [2.05, 4.69) is 23.4 Å². The van der Waals surface area contributed by atoms with Crippen LogP contribution in [-0.2, 0) is 12.8 Å². The Morgan fingerprint density at radius 1 is 1.33 bits per heavy atom. The number of aromatic nitrogens is 3. The minimum absolute atomic E-state index is 0.602. The predicted molar refractivity (Wildman–Crippen MR) is 74.2 cm³/mol. The van der Waals surface area contributed by atoms with Gasteiger partial charge in [-0.3, -0.25) is 0 Å². The van der Waals surface area contributed by atoms with Gasteiger partial charge in [0.2, 0.25) is 0 Å². The van der Waals surface area contributed by atoms with E-state index in [0.717, 1.165) is 47.0 Å². The van der Waals surface area contributed by atoms with Crippen molar-refractivity contribution in [3.63, 3.8) is 0 Å². The number of fused-ring (bicyclic) bond motifs is 1. The van der Waals surface area contributed by atoms with E-state index in [0.29, 0.717) is 6.04 Å². The molecule has 0 radical (unpaired) electrons. The molecule has 18 heavy (non-hydrogen) atoms. The molecule has 1 aliphatic carbocycles. The minimum Gasteiger partial charge on any atom is -0.310 e. The van der Waals surface area contributed by atoms with Crippen LogP contribution >= 0.6 is 11.6 Å². The summed E-state index contributed by atoms with van der Waals surface area (Å²) in [5.74, 6) is 1.12. The lowest BCUT2D eigenvalue weighted by molar-refractivity contribution is 0.700. The van der Waals surface area contributed by atoms with Crippen LogP contribution in [0.1, 0.15) is 50.7 Å². The van der Waals surface area contributed by atoms with Crippen LogP contribution in [-0.4, -0.2) is 14.5 Å². The number of hydrogen-bond donors (Lipinski definition) is 0. The highest BCUT2D eigenvalue weighted by molar-refractivity contribution is 6.34. The molecule has 0 atom stereocenters. The second-order valence-corrected chi connectivity index (χ2v) is 5.41. The quantitative estimate of drug-likeness (QED) is 0.837. The fourth-order valence-corrected chi connectivity index (χ4v) is 2.72. The Morgan fingerprint density at radius 3 is 2.72 bits per heavy atom. The molecule has 0 aliphatic heterocycles. The Balaban J connectivity index is 2.22. The van der Waals surface area contributed by atoms with E-state index in [4.69, 9.17) is 16.6 Å². The van der Waals surface area contributed by atoms with Crippen LogP contribution < -0.4 is 0 Å². The maximum atomic E-state index is 6.35. The van der Waals surface area contributed by atoms with Gasteiger partial charge in [0.05, 0.1) is 5.02 Å². The first-order valence-corrected chi connectivity index (χ1v) is 7.18. The van der Waals surface area contributed by atoms with Gasteiger partial charge >= 0.3 is 0 Å². The lowest BCUT2D eigenvalue weighted by atomic mass is 10.2. The summed E-state index contributed by atoms with van der Waals surface area (Å²) in [5.41, 5.74) is 2.95. The fraction of sp³-hybridized carbons (Fsp3) is 0.571. The predicted octanol–water partition coefficient (Wildman–Crippen LogP) is 3.93. The fourth-order valence-electron chi connectivity index (χ4n) is 2.47. The largest absolute Gasteiger partial charge is 0.310 e. The van der Waals surface area contributed by atoms with Crippen molar-refractivity contribution >= 4 is 22.8 Å². The van der Waals surface area contributed by atoms with E-state index in [1.807, 2.05) is 6.07 Å². The zero-order valence-corrected chi connectivity index (χ0v) is 11.7. The Kier molecular flexibility index (Phi) is 3.02. The van der Waals surface area contributed by atoms with Crippen LogP contribution in [0.3, 0.4) is 0 Å². The average Bonchev–Trinajstić information content (AvgIpc) is 3.11. The molecule has 0 bridgehead atoms. The second-order valence-electron chi connectivity index (χ2n) is 5.00. The molecule has 3 nitrogen and oxygen atoms in total. The Bertz CT molecular complexity index is 584. The van der Waals surface area contributed by atoms with Gasteiger partial charge in [0.25, 0.3) is 0 Å². The van der Waals surface area contributed by atoms with Gasteiger partial charge in [-0.2, -0.15) is 0 Å². The summed E-state index contributed by atoms with van der Waals surface area (Å²) in [5, 5.41) is 0.748. The summed E-state index contributed by atoms with van der Waals surface area (Å²) in [6.45, 7) is 4.30. The first kappa shape index (κ1) is 12.0. The SMILES string of the molecule is CCCc1cc(Cl)c2nc(CC)n(C3CC3)c2n1. The van der Waals surface area contributed by atoms with Gasteiger partial charge in [-0.25, -0.2) is 9.97 Å². The minimum atomic E-state index is 0.602. The zero-order chi connectivity index (χ0) is 12.7. The van der Waals surface area contributed by atoms with E-state index in [9.17, 15) is 0 Å². The van der Waals surface area contributed by atoms with Crippen molar-refractivity contribution in [3.8, 4) is 0 Å². The van der Waals surface area contributed by atoms with Crippen molar-refractivity contribution in [2.24, 2.45) is 0 Å². The van der Waals surface area contributed by atoms with Crippen LogP contribution in [0.2, 0.25) is 5.02 Å². The standard InChI is InChI=1S/C14H18ClN3/c1-3-5-9-8-11(15)13-14(16-9)18(10-6-7-10)12(4-2)17-13/h8,10H,3-7H2,1-2H3. The van der Waals surface area contributed by atoms with Crippen molar-refractivity contribution in [1.29, 1.82) is 0 Å². The van der Waals surface area contributed by atoms with Gasteiger partial charge < -0.3 is 4.57 Å². The van der Waals surface area contributed by atoms with Gasteiger partial charge in [-0.05, 0) is 25.3 Å². The Labute approximate surface area is 112 Å².